The van der Waals surface area contributed by atoms with Crippen molar-refractivity contribution in [3.8, 4) is 0 Å². The van der Waals surface area contributed by atoms with Crippen molar-refractivity contribution in [1.82, 2.24) is 0 Å². The summed E-state index contributed by atoms with van der Waals surface area (Å²) in [7, 11) is 0. The molecule has 0 amide bonds. The number of carbonyl (C=O) groups is 1. The van der Waals surface area contributed by atoms with E-state index in [-0.39, 0.29) is 0 Å². The van der Waals surface area contributed by atoms with Crippen LogP contribution in [0.1, 0.15) is 6.42 Å². The van der Waals surface area contributed by atoms with Crippen molar-refractivity contribution in [1.29, 1.82) is 0 Å². The summed E-state index contributed by atoms with van der Waals surface area (Å²) in [6, 6.07) is 7.83. The zero-order valence-corrected chi connectivity index (χ0v) is 11.3. The van der Waals surface area contributed by atoms with Crippen molar-refractivity contribution in [2.45, 2.75) is 12.5 Å². The quantitative estimate of drug-likeness (QED) is 0.535. The van der Waals surface area contributed by atoms with E-state index in [0.29, 0.717) is 12.1 Å². The van der Waals surface area contributed by atoms with Gasteiger partial charge in [0.05, 0.1) is 0 Å². The Morgan fingerprint density at radius 2 is 2.11 bits per heavy atom. The van der Waals surface area contributed by atoms with Crippen LogP contribution in [0.5, 0.6) is 0 Å². The number of rotatable bonds is 6. The van der Waals surface area contributed by atoms with Crippen molar-refractivity contribution in [3.05, 3.63) is 40.4 Å². The minimum atomic E-state index is -0.913. The lowest BCUT2D eigenvalue weighted by Crippen LogP contribution is -2.30. The number of hydrogen-bond donors (Lipinski definition) is 3. The summed E-state index contributed by atoms with van der Waals surface area (Å²) in [5, 5.41) is 17.5. The van der Waals surface area contributed by atoms with E-state index in [2.05, 4.69) is 0 Å². The molecule has 19 heavy (non-hydrogen) atoms. The van der Waals surface area contributed by atoms with Crippen molar-refractivity contribution >= 4 is 23.4 Å². The third-order valence-electron chi connectivity index (χ3n) is 1.94. The first-order chi connectivity index (χ1) is 8.97. The van der Waals surface area contributed by atoms with E-state index in [4.69, 9.17) is 10.8 Å². The highest BCUT2D eigenvalue weighted by molar-refractivity contribution is 7.98. The Morgan fingerprint density at radius 3 is 2.53 bits per heavy atom. The molecule has 0 bridgehead atoms. The van der Waals surface area contributed by atoms with Crippen molar-refractivity contribution < 1.29 is 14.9 Å². The minimum absolute atomic E-state index is 0.493. The van der Waals surface area contributed by atoms with Gasteiger partial charge in [-0.2, -0.15) is 11.8 Å². The predicted octanol–water partition coefficient (Wildman–Crippen LogP) is 1.44. The monoisotopic (exact) mass is 287 g/mol. The summed E-state index contributed by atoms with van der Waals surface area (Å²) in [5.74, 6) is -0.1000. The zero-order valence-electron chi connectivity index (χ0n) is 10.5. The number of para-hydroxylation sites is 1. The number of thioether (sulfide) groups is 1. The van der Waals surface area contributed by atoms with Gasteiger partial charge < -0.3 is 10.8 Å². The average molecular weight is 287 g/mol. The topological polar surface area (TPSA) is 118 Å². The fourth-order valence-corrected chi connectivity index (χ4v) is 1.48. The second kappa shape index (κ2) is 10.2. The van der Waals surface area contributed by atoms with Crippen LogP contribution < -0.4 is 11.2 Å². The van der Waals surface area contributed by atoms with Gasteiger partial charge in [-0.25, -0.2) is 10.1 Å². The normalized spacial score (nSPS) is 10.8. The molecule has 0 unspecified atom stereocenters. The van der Waals surface area contributed by atoms with Crippen LogP contribution in [0.25, 0.3) is 0 Å². The van der Waals surface area contributed by atoms with Gasteiger partial charge in [0.1, 0.15) is 11.7 Å². The van der Waals surface area contributed by atoms with Gasteiger partial charge in [-0.1, -0.05) is 18.2 Å². The Labute approximate surface area is 115 Å². The van der Waals surface area contributed by atoms with E-state index >= 15 is 0 Å². The molecule has 0 saturated heterocycles. The summed E-state index contributed by atoms with van der Waals surface area (Å²) in [6.07, 6.45) is 2.48. The van der Waals surface area contributed by atoms with Gasteiger partial charge in [-0.15, -0.1) is 5.43 Å². The molecule has 0 saturated carbocycles. The number of carboxylic acids is 1. The van der Waals surface area contributed by atoms with Gasteiger partial charge in [0.2, 0.25) is 0 Å². The molecule has 1 atom stereocenters. The Hall–Kier alpha value is -1.80. The van der Waals surface area contributed by atoms with E-state index < -0.39 is 17.0 Å². The molecule has 0 heterocycles. The number of carboxylic acid groups (broad SMARTS) is 1. The fourth-order valence-electron chi connectivity index (χ4n) is 0.986. The number of nitrogens with one attached hydrogen (secondary N) is 1. The van der Waals surface area contributed by atoms with Gasteiger partial charge >= 0.3 is 5.97 Å². The van der Waals surface area contributed by atoms with Crippen molar-refractivity contribution in [3.63, 3.8) is 0 Å². The maximum Gasteiger partial charge on any atom is 0.320 e. The minimum Gasteiger partial charge on any atom is -0.480 e. The molecular weight excluding hydrogens is 270 g/mol. The van der Waals surface area contributed by atoms with E-state index in [9.17, 15) is 14.9 Å². The highest BCUT2D eigenvalue weighted by Gasteiger charge is 2.08. The SMILES string of the molecule is CSCC[C@H](N)C(=O)O.O=[N+]([O-])Nc1ccccc1. The molecular formula is C11H17N3O4S. The molecule has 0 fully saturated rings. The smallest absolute Gasteiger partial charge is 0.320 e. The van der Waals surface area contributed by atoms with E-state index in [0.717, 1.165) is 5.75 Å². The number of nitrogens with zero attached hydrogens (tertiary/aromatic N) is 1. The standard InChI is InChI=1S/C6H6N2O2.C5H11NO2S/c9-8(10)7-6-4-2-1-3-5-6;1-9-3-2-4(6)5(7)8/h1-5,7H;4H,2-3,6H2,1H3,(H,7,8)/t;4-/m.0/s1. The van der Waals surface area contributed by atoms with Crippen LogP contribution in [0.3, 0.4) is 0 Å². The number of nitro groups is 1. The van der Waals surface area contributed by atoms with Crippen LogP contribution in [-0.4, -0.2) is 34.2 Å². The maximum absolute atomic E-state index is 10.1. The van der Waals surface area contributed by atoms with Gasteiger partial charge in [0.15, 0.2) is 5.03 Å². The second-order valence-electron chi connectivity index (χ2n) is 3.46. The van der Waals surface area contributed by atoms with Crippen molar-refractivity contribution in [2.75, 3.05) is 17.4 Å². The summed E-state index contributed by atoms with van der Waals surface area (Å²) in [4.78, 5) is 19.9. The third-order valence-corrected chi connectivity index (χ3v) is 2.59. The molecule has 0 spiro atoms. The molecule has 0 aliphatic rings. The van der Waals surface area contributed by atoms with Crippen LogP contribution >= 0.6 is 11.8 Å². The summed E-state index contributed by atoms with van der Waals surface area (Å²) in [5.41, 5.74) is 7.71. The van der Waals surface area contributed by atoms with Crippen LogP contribution in [-0.2, 0) is 4.79 Å². The summed E-state index contributed by atoms with van der Waals surface area (Å²) in [6.45, 7) is 0. The largest absolute Gasteiger partial charge is 0.480 e. The van der Waals surface area contributed by atoms with Gasteiger partial charge in [0.25, 0.3) is 0 Å². The highest BCUT2D eigenvalue weighted by Crippen LogP contribution is 2.03. The third kappa shape index (κ3) is 9.86. The maximum atomic E-state index is 10.1. The number of aliphatic carboxylic acids is 1. The molecule has 0 aromatic heterocycles. The first kappa shape index (κ1) is 17.2. The molecule has 1 aromatic rings. The lowest BCUT2D eigenvalue weighted by Gasteiger charge is -2.02. The summed E-state index contributed by atoms with van der Waals surface area (Å²) < 4.78 is 0. The number of nitrogens with two attached hydrogens (primary N) is 1. The van der Waals surface area contributed by atoms with E-state index in [1.165, 1.54) is 0 Å². The molecule has 4 N–H and O–H groups in total. The number of anilines is 1. The molecule has 1 aromatic carbocycles. The highest BCUT2D eigenvalue weighted by atomic mass is 32.2. The van der Waals surface area contributed by atoms with Gasteiger partial charge in [-0.05, 0) is 30.6 Å². The molecule has 8 heteroatoms. The lowest BCUT2D eigenvalue weighted by atomic mass is 10.2. The number of hydrazine groups is 1. The molecule has 0 aliphatic carbocycles. The molecule has 0 aliphatic heterocycles. The number of benzene rings is 1. The average Bonchev–Trinajstić information content (AvgIpc) is 2.37. The first-order valence-corrected chi connectivity index (χ1v) is 6.80. The van der Waals surface area contributed by atoms with Gasteiger partial charge in [-0.3, -0.25) is 4.79 Å². The Bertz CT molecular complexity index is 389. The molecule has 1 rings (SSSR count). The van der Waals surface area contributed by atoms with Crippen LogP contribution in [0.4, 0.5) is 5.69 Å². The first-order valence-electron chi connectivity index (χ1n) is 5.40. The van der Waals surface area contributed by atoms with Crippen LogP contribution in [0.15, 0.2) is 30.3 Å². The summed E-state index contributed by atoms with van der Waals surface area (Å²) >= 11 is 1.60. The predicted molar refractivity (Wildman–Crippen MR) is 75.7 cm³/mol. The molecule has 106 valence electrons. The molecule has 7 nitrogen and oxygen atoms in total. The Balaban J connectivity index is 0.000000344. The molecule has 0 radical (unpaired) electrons. The fraction of sp³-hybridized carbons (Fsp3) is 0.364. The Morgan fingerprint density at radius 1 is 1.53 bits per heavy atom. The number of hydrogen-bond acceptors (Lipinski definition) is 5. The van der Waals surface area contributed by atoms with Crippen LogP contribution in [0.2, 0.25) is 0 Å². The second-order valence-corrected chi connectivity index (χ2v) is 4.45. The zero-order chi connectivity index (χ0) is 14.7. The van der Waals surface area contributed by atoms with Gasteiger partial charge in [0, 0.05) is 0 Å². The lowest BCUT2D eigenvalue weighted by molar-refractivity contribution is -0.445. The van der Waals surface area contributed by atoms with E-state index in [1.807, 2.05) is 11.7 Å². The Kier molecular flexibility index (Phi) is 9.19. The van der Waals surface area contributed by atoms with E-state index in [1.54, 1.807) is 42.1 Å². The van der Waals surface area contributed by atoms with Crippen molar-refractivity contribution in [2.24, 2.45) is 5.73 Å². The van der Waals surface area contributed by atoms with Crippen LogP contribution in [0, 0.1) is 10.1 Å².